The fourth-order valence-corrected chi connectivity index (χ4v) is 3.18. The van der Waals surface area contributed by atoms with Crippen LogP contribution in [0.1, 0.15) is 21.7 Å². The van der Waals surface area contributed by atoms with Gasteiger partial charge in [0.15, 0.2) is 0 Å². The SMILES string of the molecule is O=C(CNC(=O)c1cccc(CN2C(=O)CSC2=O)c1)NCc1ccco1. The topological polar surface area (TPSA) is 109 Å². The monoisotopic (exact) mass is 387 g/mol. The van der Waals surface area contributed by atoms with Crippen molar-refractivity contribution in [2.24, 2.45) is 0 Å². The Kier molecular flexibility index (Phi) is 5.92. The van der Waals surface area contributed by atoms with Gasteiger partial charge in [0.05, 0.1) is 31.7 Å². The van der Waals surface area contributed by atoms with Gasteiger partial charge in [0.25, 0.3) is 11.1 Å². The van der Waals surface area contributed by atoms with E-state index in [1.54, 1.807) is 36.4 Å². The highest BCUT2D eigenvalue weighted by molar-refractivity contribution is 8.14. The average molecular weight is 387 g/mol. The maximum atomic E-state index is 12.2. The molecule has 0 bridgehead atoms. The Morgan fingerprint density at radius 3 is 2.70 bits per heavy atom. The van der Waals surface area contributed by atoms with Gasteiger partial charge in [-0.05, 0) is 29.8 Å². The zero-order valence-corrected chi connectivity index (χ0v) is 15.1. The van der Waals surface area contributed by atoms with Crippen LogP contribution in [-0.2, 0) is 22.7 Å². The molecule has 1 aliphatic heterocycles. The summed E-state index contributed by atoms with van der Waals surface area (Å²) in [6.45, 7) is 0.187. The first kappa shape index (κ1) is 18.7. The second kappa shape index (κ2) is 8.54. The van der Waals surface area contributed by atoms with Crippen LogP contribution in [0, 0.1) is 0 Å². The van der Waals surface area contributed by atoms with E-state index >= 15 is 0 Å². The number of nitrogens with one attached hydrogen (secondary N) is 2. The van der Waals surface area contributed by atoms with Gasteiger partial charge < -0.3 is 15.1 Å². The van der Waals surface area contributed by atoms with Crippen LogP contribution in [0.15, 0.2) is 47.1 Å². The summed E-state index contributed by atoms with van der Waals surface area (Å²) in [6, 6.07) is 10.0. The first-order chi connectivity index (χ1) is 13.0. The molecule has 8 nitrogen and oxygen atoms in total. The molecule has 0 radical (unpaired) electrons. The lowest BCUT2D eigenvalue weighted by Crippen LogP contribution is -2.36. The minimum atomic E-state index is -0.418. The number of rotatable bonds is 7. The molecule has 0 aliphatic carbocycles. The van der Waals surface area contributed by atoms with Gasteiger partial charge in [-0.2, -0.15) is 0 Å². The van der Waals surface area contributed by atoms with Crippen molar-refractivity contribution in [3.05, 3.63) is 59.5 Å². The van der Waals surface area contributed by atoms with Gasteiger partial charge in [-0.25, -0.2) is 0 Å². The highest BCUT2D eigenvalue weighted by atomic mass is 32.2. The molecule has 0 unspecified atom stereocenters. The number of hydrogen-bond donors (Lipinski definition) is 2. The second-order valence-electron chi connectivity index (χ2n) is 5.77. The minimum Gasteiger partial charge on any atom is -0.467 e. The highest BCUT2D eigenvalue weighted by Crippen LogP contribution is 2.21. The van der Waals surface area contributed by atoms with E-state index in [0.717, 1.165) is 16.7 Å². The summed E-state index contributed by atoms with van der Waals surface area (Å²) < 4.78 is 5.11. The van der Waals surface area contributed by atoms with Gasteiger partial charge >= 0.3 is 0 Å². The molecule has 1 aromatic heterocycles. The molecule has 1 fully saturated rings. The van der Waals surface area contributed by atoms with Crippen molar-refractivity contribution in [3.8, 4) is 0 Å². The molecule has 140 valence electrons. The third kappa shape index (κ3) is 4.98. The van der Waals surface area contributed by atoms with Crippen LogP contribution in [0.5, 0.6) is 0 Å². The molecule has 9 heteroatoms. The molecular formula is C18H17N3O5S. The predicted molar refractivity (Wildman–Crippen MR) is 97.7 cm³/mol. The summed E-state index contributed by atoms with van der Waals surface area (Å²) >= 11 is 0.965. The molecule has 4 amide bonds. The number of hydrogen-bond acceptors (Lipinski definition) is 6. The third-order valence-electron chi connectivity index (χ3n) is 3.82. The second-order valence-corrected chi connectivity index (χ2v) is 6.70. The van der Waals surface area contributed by atoms with E-state index < -0.39 is 5.91 Å². The van der Waals surface area contributed by atoms with E-state index in [9.17, 15) is 19.2 Å². The summed E-state index contributed by atoms with van der Waals surface area (Å²) in [4.78, 5) is 48.5. The van der Waals surface area contributed by atoms with E-state index in [0.29, 0.717) is 16.9 Å². The van der Waals surface area contributed by atoms with Gasteiger partial charge in [0.2, 0.25) is 11.8 Å². The summed E-state index contributed by atoms with van der Waals surface area (Å²) in [5.41, 5.74) is 1.01. The lowest BCUT2D eigenvalue weighted by molar-refractivity contribution is -0.125. The summed E-state index contributed by atoms with van der Waals surface area (Å²) in [6.07, 6.45) is 1.51. The Labute approximate surface area is 159 Å². The quantitative estimate of drug-likeness (QED) is 0.746. The predicted octanol–water partition coefficient (Wildman–Crippen LogP) is 1.52. The Bertz CT molecular complexity index is 850. The number of nitrogens with zero attached hydrogens (tertiary/aromatic N) is 1. The van der Waals surface area contributed by atoms with Crippen molar-refractivity contribution in [2.45, 2.75) is 13.1 Å². The molecule has 0 saturated carbocycles. The molecule has 1 aromatic carbocycles. The Balaban J connectivity index is 1.51. The average Bonchev–Trinajstić information content (AvgIpc) is 3.30. The highest BCUT2D eigenvalue weighted by Gasteiger charge is 2.29. The maximum Gasteiger partial charge on any atom is 0.289 e. The van der Waals surface area contributed by atoms with E-state index in [1.165, 1.54) is 6.26 Å². The molecule has 2 heterocycles. The first-order valence-electron chi connectivity index (χ1n) is 8.16. The Hall–Kier alpha value is -3.07. The van der Waals surface area contributed by atoms with Gasteiger partial charge in [-0.15, -0.1) is 0 Å². The largest absolute Gasteiger partial charge is 0.467 e. The number of imide groups is 1. The zero-order valence-electron chi connectivity index (χ0n) is 14.3. The fourth-order valence-electron chi connectivity index (χ4n) is 2.45. The van der Waals surface area contributed by atoms with Crippen LogP contribution in [0.3, 0.4) is 0 Å². The van der Waals surface area contributed by atoms with Crippen molar-refractivity contribution in [1.29, 1.82) is 0 Å². The van der Waals surface area contributed by atoms with Crippen molar-refractivity contribution < 1.29 is 23.6 Å². The zero-order chi connectivity index (χ0) is 19.2. The van der Waals surface area contributed by atoms with Gasteiger partial charge in [0, 0.05) is 5.56 Å². The van der Waals surface area contributed by atoms with Crippen molar-refractivity contribution in [3.63, 3.8) is 0 Å². The lowest BCUT2D eigenvalue weighted by atomic mass is 10.1. The van der Waals surface area contributed by atoms with Crippen LogP contribution in [0.2, 0.25) is 0 Å². The molecular weight excluding hydrogens is 370 g/mol. The van der Waals surface area contributed by atoms with E-state index in [4.69, 9.17) is 4.42 Å². The molecule has 0 spiro atoms. The van der Waals surface area contributed by atoms with Crippen molar-refractivity contribution in [2.75, 3.05) is 12.3 Å². The van der Waals surface area contributed by atoms with Crippen LogP contribution in [-0.4, -0.2) is 40.2 Å². The lowest BCUT2D eigenvalue weighted by Gasteiger charge is -2.13. The van der Waals surface area contributed by atoms with E-state index in [1.807, 2.05) is 0 Å². The number of thioether (sulfide) groups is 1. The molecule has 1 aliphatic rings. The molecule has 0 atom stereocenters. The van der Waals surface area contributed by atoms with Crippen LogP contribution in [0.25, 0.3) is 0 Å². The Morgan fingerprint density at radius 1 is 1.15 bits per heavy atom. The maximum absolute atomic E-state index is 12.2. The molecule has 3 rings (SSSR count). The van der Waals surface area contributed by atoms with E-state index in [2.05, 4.69) is 10.6 Å². The first-order valence-corrected chi connectivity index (χ1v) is 9.15. The summed E-state index contributed by atoms with van der Waals surface area (Å²) in [5.74, 6) is -0.245. The fraction of sp³-hybridized carbons (Fsp3) is 0.222. The third-order valence-corrected chi connectivity index (χ3v) is 4.68. The van der Waals surface area contributed by atoms with E-state index in [-0.39, 0.29) is 42.4 Å². The molecule has 27 heavy (non-hydrogen) atoms. The van der Waals surface area contributed by atoms with Gasteiger partial charge in [-0.1, -0.05) is 23.9 Å². The number of furan rings is 1. The Morgan fingerprint density at radius 2 is 2.00 bits per heavy atom. The molecule has 2 N–H and O–H groups in total. The summed E-state index contributed by atoms with van der Waals surface area (Å²) in [5, 5.41) is 4.88. The standard InChI is InChI=1S/C18H17N3O5S/c22-15(19-8-14-5-2-6-26-14)9-20-17(24)13-4-1-3-12(7-13)10-21-16(23)11-27-18(21)25/h1-7H,8-11H2,(H,19,22)(H,20,24). The normalized spacial score (nSPS) is 13.7. The van der Waals surface area contributed by atoms with Gasteiger partial charge in [0.1, 0.15) is 5.76 Å². The minimum absolute atomic E-state index is 0.120. The number of amides is 4. The number of benzene rings is 1. The van der Waals surface area contributed by atoms with Crippen LogP contribution < -0.4 is 10.6 Å². The van der Waals surface area contributed by atoms with Crippen molar-refractivity contribution in [1.82, 2.24) is 15.5 Å². The number of carbonyl (C=O) groups is 4. The summed E-state index contributed by atoms with van der Waals surface area (Å²) in [7, 11) is 0. The van der Waals surface area contributed by atoms with Crippen molar-refractivity contribution >= 4 is 34.7 Å². The van der Waals surface area contributed by atoms with Gasteiger partial charge in [-0.3, -0.25) is 24.1 Å². The van der Waals surface area contributed by atoms with Crippen LogP contribution >= 0.6 is 11.8 Å². The molecule has 2 aromatic rings. The van der Waals surface area contributed by atoms with Crippen LogP contribution in [0.4, 0.5) is 4.79 Å². The number of carbonyl (C=O) groups excluding carboxylic acids is 4. The molecule has 1 saturated heterocycles. The smallest absolute Gasteiger partial charge is 0.289 e.